The predicted molar refractivity (Wildman–Crippen MR) is 131 cm³/mol. The SMILES string of the molecule is c1ccc(-c2cc(-c3ccccc3)nc(-c3cccc4oc(-c5ccccc5)nc34)n2)cc1. The second-order valence-corrected chi connectivity index (χ2v) is 7.73. The molecule has 4 aromatic carbocycles. The maximum Gasteiger partial charge on any atom is 0.227 e. The minimum absolute atomic E-state index is 0.584. The first-order valence-electron chi connectivity index (χ1n) is 10.8. The first kappa shape index (κ1) is 19.1. The molecule has 4 heteroatoms. The van der Waals surface area contributed by atoms with Gasteiger partial charge >= 0.3 is 0 Å². The molecule has 2 heterocycles. The minimum atomic E-state index is 0.584. The molecule has 0 spiro atoms. The Kier molecular flexibility index (Phi) is 4.74. The van der Waals surface area contributed by atoms with Crippen LogP contribution in [0.3, 0.4) is 0 Å². The zero-order chi connectivity index (χ0) is 22.0. The summed E-state index contributed by atoms with van der Waals surface area (Å²) in [5.41, 5.74) is 7.04. The first-order chi connectivity index (χ1) is 16.3. The summed E-state index contributed by atoms with van der Waals surface area (Å²) in [6.07, 6.45) is 0. The van der Waals surface area contributed by atoms with Crippen LogP contribution in [0.4, 0.5) is 0 Å². The molecule has 0 radical (unpaired) electrons. The number of fused-ring (bicyclic) bond motifs is 1. The van der Waals surface area contributed by atoms with Crippen molar-refractivity contribution in [2.45, 2.75) is 0 Å². The number of nitrogens with zero attached hydrogens (tertiary/aromatic N) is 3. The summed E-state index contributed by atoms with van der Waals surface area (Å²) >= 11 is 0. The molecule has 0 saturated heterocycles. The molecule has 0 fully saturated rings. The Morgan fingerprint density at radius 1 is 0.485 bits per heavy atom. The van der Waals surface area contributed by atoms with Crippen molar-refractivity contribution in [2.75, 3.05) is 0 Å². The van der Waals surface area contributed by atoms with Crippen LogP contribution in [0.2, 0.25) is 0 Å². The van der Waals surface area contributed by atoms with Gasteiger partial charge in [-0.05, 0) is 30.3 Å². The van der Waals surface area contributed by atoms with Crippen molar-refractivity contribution < 1.29 is 4.42 Å². The van der Waals surface area contributed by atoms with Crippen LogP contribution < -0.4 is 0 Å². The lowest BCUT2D eigenvalue weighted by Gasteiger charge is -2.09. The van der Waals surface area contributed by atoms with Crippen molar-refractivity contribution in [1.29, 1.82) is 0 Å². The third-order valence-corrected chi connectivity index (χ3v) is 5.55. The van der Waals surface area contributed by atoms with E-state index in [1.54, 1.807) is 0 Å². The van der Waals surface area contributed by atoms with E-state index in [0.717, 1.165) is 39.2 Å². The van der Waals surface area contributed by atoms with Gasteiger partial charge in [-0.25, -0.2) is 15.0 Å². The van der Waals surface area contributed by atoms with E-state index in [1.165, 1.54) is 0 Å². The summed E-state index contributed by atoms with van der Waals surface area (Å²) in [4.78, 5) is 14.7. The van der Waals surface area contributed by atoms with Gasteiger partial charge in [0, 0.05) is 22.3 Å². The summed E-state index contributed by atoms with van der Waals surface area (Å²) in [7, 11) is 0. The van der Waals surface area contributed by atoms with Gasteiger partial charge in [0.15, 0.2) is 11.4 Å². The van der Waals surface area contributed by atoms with E-state index in [0.29, 0.717) is 17.3 Å². The van der Waals surface area contributed by atoms with E-state index in [9.17, 15) is 0 Å². The third-order valence-electron chi connectivity index (χ3n) is 5.55. The first-order valence-corrected chi connectivity index (χ1v) is 10.8. The Hall–Kier alpha value is -4.57. The molecule has 0 atom stereocenters. The Morgan fingerprint density at radius 2 is 1.03 bits per heavy atom. The molecule has 4 nitrogen and oxygen atoms in total. The third kappa shape index (κ3) is 3.68. The lowest BCUT2D eigenvalue weighted by atomic mass is 10.1. The lowest BCUT2D eigenvalue weighted by molar-refractivity contribution is 0.620. The van der Waals surface area contributed by atoms with Crippen molar-refractivity contribution in [3.8, 4) is 45.4 Å². The Bertz CT molecular complexity index is 1480. The molecule has 33 heavy (non-hydrogen) atoms. The van der Waals surface area contributed by atoms with Gasteiger partial charge in [0.1, 0.15) is 5.52 Å². The number of hydrogen-bond acceptors (Lipinski definition) is 4. The quantitative estimate of drug-likeness (QED) is 0.298. The fraction of sp³-hybridized carbons (Fsp3) is 0. The lowest BCUT2D eigenvalue weighted by Crippen LogP contribution is -1.96. The van der Waals surface area contributed by atoms with E-state index in [-0.39, 0.29) is 0 Å². The average Bonchev–Trinajstić information content (AvgIpc) is 3.35. The normalized spacial score (nSPS) is 11.0. The van der Waals surface area contributed by atoms with E-state index in [1.807, 2.05) is 91.0 Å². The highest BCUT2D eigenvalue weighted by molar-refractivity contribution is 5.91. The molecule has 0 aliphatic carbocycles. The highest BCUT2D eigenvalue weighted by atomic mass is 16.3. The second-order valence-electron chi connectivity index (χ2n) is 7.73. The maximum atomic E-state index is 6.08. The standard InChI is InChI=1S/C29H19N3O/c1-4-11-20(12-5-1)24-19-25(21-13-6-2-7-14-21)31-28(30-24)23-17-10-18-26-27(23)32-29(33-26)22-15-8-3-9-16-22/h1-19H. The molecular weight excluding hydrogens is 406 g/mol. The second kappa shape index (κ2) is 8.17. The van der Waals surface area contributed by atoms with Gasteiger partial charge in [-0.3, -0.25) is 0 Å². The molecule has 2 aromatic heterocycles. The van der Waals surface area contributed by atoms with E-state index < -0.39 is 0 Å². The van der Waals surface area contributed by atoms with Crippen molar-refractivity contribution >= 4 is 11.1 Å². The van der Waals surface area contributed by atoms with Crippen LogP contribution >= 0.6 is 0 Å². The van der Waals surface area contributed by atoms with Crippen molar-refractivity contribution in [2.24, 2.45) is 0 Å². The number of hydrogen-bond donors (Lipinski definition) is 0. The number of benzene rings is 4. The van der Waals surface area contributed by atoms with Gasteiger partial charge in [0.05, 0.1) is 11.4 Å². The van der Waals surface area contributed by atoms with E-state index >= 15 is 0 Å². The van der Waals surface area contributed by atoms with Crippen molar-refractivity contribution in [3.05, 3.63) is 115 Å². The summed E-state index contributed by atoms with van der Waals surface area (Å²) < 4.78 is 6.08. The fourth-order valence-electron chi connectivity index (χ4n) is 3.91. The van der Waals surface area contributed by atoms with Crippen LogP contribution in [0.5, 0.6) is 0 Å². The molecular formula is C29H19N3O. The predicted octanol–water partition coefficient (Wildman–Crippen LogP) is 7.29. The maximum absolute atomic E-state index is 6.08. The molecule has 0 N–H and O–H groups in total. The Labute approximate surface area is 191 Å². The molecule has 156 valence electrons. The number of para-hydroxylation sites is 1. The van der Waals surface area contributed by atoms with E-state index in [4.69, 9.17) is 19.4 Å². The molecule has 0 aliphatic heterocycles. The van der Waals surface area contributed by atoms with Gasteiger partial charge < -0.3 is 4.42 Å². The summed E-state index contributed by atoms with van der Waals surface area (Å²) in [6.45, 7) is 0. The molecule has 0 unspecified atom stereocenters. The van der Waals surface area contributed by atoms with Gasteiger partial charge in [-0.1, -0.05) is 84.9 Å². The van der Waals surface area contributed by atoms with Crippen LogP contribution in [0.15, 0.2) is 120 Å². The van der Waals surface area contributed by atoms with Crippen LogP contribution in [0.1, 0.15) is 0 Å². The van der Waals surface area contributed by atoms with Crippen LogP contribution in [-0.2, 0) is 0 Å². The van der Waals surface area contributed by atoms with Gasteiger partial charge in [-0.2, -0.15) is 0 Å². The highest BCUT2D eigenvalue weighted by Crippen LogP contribution is 2.33. The van der Waals surface area contributed by atoms with Gasteiger partial charge in [-0.15, -0.1) is 0 Å². The van der Waals surface area contributed by atoms with Gasteiger partial charge in [0.2, 0.25) is 5.89 Å². The zero-order valence-electron chi connectivity index (χ0n) is 17.7. The Morgan fingerprint density at radius 3 is 1.61 bits per heavy atom. The van der Waals surface area contributed by atoms with Gasteiger partial charge in [0.25, 0.3) is 0 Å². The largest absolute Gasteiger partial charge is 0.436 e. The number of oxazole rings is 1. The summed E-state index contributed by atoms with van der Waals surface area (Å²) in [5, 5.41) is 0. The molecule has 0 amide bonds. The van der Waals surface area contributed by atoms with Crippen LogP contribution in [0.25, 0.3) is 56.5 Å². The molecule has 0 aliphatic rings. The molecule has 0 bridgehead atoms. The van der Waals surface area contributed by atoms with Crippen molar-refractivity contribution in [3.63, 3.8) is 0 Å². The fourth-order valence-corrected chi connectivity index (χ4v) is 3.91. The zero-order valence-corrected chi connectivity index (χ0v) is 17.7. The molecule has 0 saturated carbocycles. The Balaban J connectivity index is 1.56. The molecule has 6 aromatic rings. The topological polar surface area (TPSA) is 51.8 Å². The number of rotatable bonds is 4. The van der Waals surface area contributed by atoms with Crippen LogP contribution in [-0.4, -0.2) is 15.0 Å². The van der Waals surface area contributed by atoms with Crippen LogP contribution in [0, 0.1) is 0 Å². The highest BCUT2D eigenvalue weighted by Gasteiger charge is 2.16. The summed E-state index contributed by atoms with van der Waals surface area (Å²) in [6, 6.07) is 38.2. The summed E-state index contributed by atoms with van der Waals surface area (Å²) in [5.74, 6) is 1.20. The molecule has 6 rings (SSSR count). The number of aromatic nitrogens is 3. The van der Waals surface area contributed by atoms with Crippen molar-refractivity contribution in [1.82, 2.24) is 15.0 Å². The minimum Gasteiger partial charge on any atom is -0.436 e. The monoisotopic (exact) mass is 425 g/mol. The smallest absolute Gasteiger partial charge is 0.227 e. The average molecular weight is 425 g/mol. The van der Waals surface area contributed by atoms with E-state index in [2.05, 4.69) is 24.3 Å².